The van der Waals surface area contributed by atoms with E-state index in [1.807, 2.05) is 0 Å². The molecule has 1 unspecified atom stereocenters. The monoisotopic (exact) mass is 368 g/mol. The SMILES string of the molecule is O=C(Cn1c(SC(F)F)nc2ccccc21)NC1CCCCNC1=O. The van der Waals surface area contributed by atoms with E-state index in [-0.39, 0.29) is 17.6 Å². The Bertz CT molecular complexity index is 781. The van der Waals surface area contributed by atoms with E-state index >= 15 is 0 Å². The molecule has 1 aromatic heterocycles. The Balaban J connectivity index is 1.79. The molecule has 0 radical (unpaired) electrons. The molecule has 2 aromatic rings. The zero-order chi connectivity index (χ0) is 17.8. The molecule has 1 aliphatic heterocycles. The van der Waals surface area contributed by atoms with Gasteiger partial charge in [-0.2, -0.15) is 8.78 Å². The summed E-state index contributed by atoms with van der Waals surface area (Å²) >= 11 is 0.302. The Morgan fingerprint density at radius 1 is 1.40 bits per heavy atom. The largest absolute Gasteiger partial charge is 0.354 e. The Morgan fingerprint density at radius 2 is 2.20 bits per heavy atom. The van der Waals surface area contributed by atoms with E-state index < -0.39 is 17.7 Å². The van der Waals surface area contributed by atoms with Crippen molar-refractivity contribution >= 4 is 34.6 Å². The molecule has 0 spiro atoms. The van der Waals surface area contributed by atoms with E-state index in [1.54, 1.807) is 24.3 Å². The van der Waals surface area contributed by atoms with Crippen molar-refractivity contribution in [1.82, 2.24) is 20.2 Å². The van der Waals surface area contributed by atoms with Gasteiger partial charge in [-0.1, -0.05) is 12.1 Å². The molecule has 1 saturated heterocycles. The second kappa shape index (κ2) is 7.81. The average Bonchev–Trinajstić information content (AvgIpc) is 2.76. The highest BCUT2D eigenvalue weighted by Gasteiger charge is 2.24. The molecule has 1 atom stereocenters. The van der Waals surface area contributed by atoms with Gasteiger partial charge in [-0.3, -0.25) is 9.59 Å². The first-order valence-corrected chi connectivity index (χ1v) is 8.89. The van der Waals surface area contributed by atoms with Gasteiger partial charge in [-0.25, -0.2) is 4.98 Å². The van der Waals surface area contributed by atoms with Crippen molar-refractivity contribution in [3.63, 3.8) is 0 Å². The van der Waals surface area contributed by atoms with Crippen molar-refractivity contribution in [3.05, 3.63) is 24.3 Å². The van der Waals surface area contributed by atoms with Crippen molar-refractivity contribution in [2.75, 3.05) is 6.54 Å². The number of hydrogen-bond acceptors (Lipinski definition) is 4. The fourth-order valence-corrected chi connectivity index (χ4v) is 3.44. The molecular formula is C16H18F2N4O2S. The molecule has 2 amide bonds. The van der Waals surface area contributed by atoms with Gasteiger partial charge in [0.15, 0.2) is 5.16 Å². The number of nitrogens with zero attached hydrogens (tertiary/aromatic N) is 2. The molecule has 134 valence electrons. The fourth-order valence-electron chi connectivity index (χ4n) is 2.84. The summed E-state index contributed by atoms with van der Waals surface area (Å²) in [5.41, 5.74) is 1.15. The zero-order valence-electron chi connectivity index (χ0n) is 13.4. The van der Waals surface area contributed by atoms with Gasteiger partial charge < -0.3 is 15.2 Å². The molecule has 0 bridgehead atoms. The summed E-state index contributed by atoms with van der Waals surface area (Å²) in [5.74, 6) is -3.24. The second-order valence-corrected chi connectivity index (χ2v) is 6.71. The van der Waals surface area contributed by atoms with E-state index in [0.717, 1.165) is 12.8 Å². The van der Waals surface area contributed by atoms with Crippen LogP contribution in [0.3, 0.4) is 0 Å². The van der Waals surface area contributed by atoms with Gasteiger partial charge in [0, 0.05) is 6.54 Å². The second-order valence-electron chi connectivity index (χ2n) is 5.75. The molecule has 1 aliphatic rings. The van der Waals surface area contributed by atoms with Crippen LogP contribution in [-0.4, -0.2) is 39.7 Å². The third-order valence-electron chi connectivity index (χ3n) is 3.99. The molecule has 1 aromatic carbocycles. The molecule has 0 saturated carbocycles. The number of nitrogens with one attached hydrogen (secondary N) is 2. The highest BCUT2D eigenvalue weighted by Crippen LogP contribution is 2.28. The summed E-state index contributed by atoms with van der Waals surface area (Å²) < 4.78 is 27.0. The molecule has 0 aliphatic carbocycles. The number of para-hydroxylation sites is 2. The van der Waals surface area contributed by atoms with Gasteiger partial charge in [-0.15, -0.1) is 0 Å². The molecule has 9 heteroatoms. The van der Waals surface area contributed by atoms with E-state index in [9.17, 15) is 18.4 Å². The predicted octanol–water partition coefficient (Wildman–Crippen LogP) is 2.14. The first-order chi connectivity index (χ1) is 12.0. The Labute approximate surface area is 147 Å². The maximum atomic E-state index is 12.8. The topological polar surface area (TPSA) is 76.0 Å². The number of rotatable bonds is 5. The third-order valence-corrected chi connectivity index (χ3v) is 4.69. The van der Waals surface area contributed by atoms with Crippen LogP contribution in [0.1, 0.15) is 19.3 Å². The number of carbonyl (C=O) groups excluding carboxylic acids is 2. The van der Waals surface area contributed by atoms with Crippen LogP contribution >= 0.6 is 11.8 Å². The van der Waals surface area contributed by atoms with Crippen molar-refractivity contribution in [3.8, 4) is 0 Å². The minimum atomic E-state index is -2.63. The molecule has 2 N–H and O–H groups in total. The average molecular weight is 368 g/mol. The van der Waals surface area contributed by atoms with Crippen molar-refractivity contribution in [1.29, 1.82) is 0 Å². The molecule has 6 nitrogen and oxygen atoms in total. The summed E-state index contributed by atoms with van der Waals surface area (Å²) in [7, 11) is 0. The van der Waals surface area contributed by atoms with E-state index in [4.69, 9.17) is 0 Å². The maximum Gasteiger partial charge on any atom is 0.291 e. The van der Waals surface area contributed by atoms with Gasteiger partial charge in [0.05, 0.1) is 11.0 Å². The Kier molecular flexibility index (Phi) is 5.52. The predicted molar refractivity (Wildman–Crippen MR) is 90.4 cm³/mol. The number of benzene rings is 1. The number of hydrogen-bond donors (Lipinski definition) is 2. The number of imidazole rings is 1. The lowest BCUT2D eigenvalue weighted by molar-refractivity contribution is -0.129. The third kappa shape index (κ3) is 4.28. The van der Waals surface area contributed by atoms with Crippen LogP contribution in [-0.2, 0) is 16.1 Å². The highest BCUT2D eigenvalue weighted by atomic mass is 32.2. The minimum absolute atomic E-state index is 0.0802. The van der Waals surface area contributed by atoms with Gasteiger partial charge in [-0.05, 0) is 43.2 Å². The number of fused-ring (bicyclic) bond motifs is 1. The molecule has 1 fully saturated rings. The van der Waals surface area contributed by atoms with Crippen molar-refractivity contribution in [2.45, 2.75) is 42.8 Å². The fraction of sp³-hybridized carbons (Fsp3) is 0.438. The van der Waals surface area contributed by atoms with Crippen LogP contribution < -0.4 is 10.6 Å². The van der Waals surface area contributed by atoms with E-state index in [1.165, 1.54) is 4.57 Å². The number of aromatic nitrogens is 2. The first-order valence-electron chi connectivity index (χ1n) is 8.02. The van der Waals surface area contributed by atoms with Crippen molar-refractivity contribution in [2.24, 2.45) is 0 Å². The van der Waals surface area contributed by atoms with Crippen LogP contribution in [0.25, 0.3) is 11.0 Å². The van der Waals surface area contributed by atoms with Crippen LogP contribution in [0.15, 0.2) is 29.4 Å². The molecule has 25 heavy (non-hydrogen) atoms. The number of thioether (sulfide) groups is 1. The summed E-state index contributed by atoms with van der Waals surface area (Å²) in [6.07, 6.45) is 2.28. The van der Waals surface area contributed by atoms with Gasteiger partial charge in [0.25, 0.3) is 5.76 Å². The van der Waals surface area contributed by atoms with Crippen molar-refractivity contribution < 1.29 is 18.4 Å². The summed E-state index contributed by atoms with van der Waals surface area (Å²) in [4.78, 5) is 28.5. The number of carbonyl (C=O) groups is 2. The number of alkyl halides is 2. The van der Waals surface area contributed by atoms with E-state index in [0.29, 0.717) is 35.8 Å². The van der Waals surface area contributed by atoms with Gasteiger partial charge in [0.2, 0.25) is 11.8 Å². The lowest BCUT2D eigenvalue weighted by Crippen LogP contribution is -2.46. The zero-order valence-corrected chi connectivity index (χ0v) is 14.2. The van der Waals surface area contributed by atoms with Crippen LogP contribution in [0, 0.1) is 0 Å². The smallest absolute Gasteiger partial charge is 0.291 e. The van der Waals surface area contributed by atoms with Crippen LogP contribution in [0.2, 0.25) is 0 Å². The van der Waals surface area contributed by atoms with Crippen LogP contribution in [0.4, 0.5) is 8.78 Å². The number of halogens is 2. The van der Waals surface area contributed by atoms with Crippen LogP contribution in [0.5, 0.6) is 0 Å². The standard InChI is InChI=1S/C16H18F2N4O2S/c17-15(18)25-16-21-10-5-1-2-7-12(10)22(16)9-13(23)20-11-6-3-4-8-19-14(11)24/h1-2,5,7,11,15H,3-4,6,8-9H2,(H,19,24)(H,20,23). The van der Waals surface area contributed by atoms with E-state index in [2.05, 4.69) is 15.6 Å². The number of amides is 2. The quantitative estimate of drug-likeness (QED) is 0.793. The molecule has 2 heterocycles. The minimum Gasteiger partial charge on any atom is -0.354 e. The summed E-state index contributed by atoms with van der Waals surface area (Å²) in [6.45, 7) is 0.436. The Hall–Kier alpha value is -2.16. The maximum absolute atomic E-state index is 12.8. The lowest BCUT2D eigenvalue weighted by atomic mass is 10.1. The summed E-state index contributed by atoms with van der Waals surface area (Å²) in [6, 6.07) is 6.36. The lowest BCUT2D eigenvalue weighted by Gasteiger charge is -2.16. The van der Waals surface area contributed by atoms with Gasteiger partial charge >= 0.3 is 0 Å². The highest BCUT2D eigenvalue weighted by molar-refractivity contribution is 7.99. The first kappa shape index (κ1) is 17.7. The molecule has 3 rings (SSSR count). The van der Waals surface area contributed by atoms with Gasteiger partial charge in [0.1, 0.15) is 12.6 Å². The summed E-state index contributed by atoms with van der Waals surface area (Å²) in [5, 5.41) is 5.53. The normalized spacial score (nSPS) is 18.2. The Morgan fingerprint density at radius 3 is 3.00 bits per heavy atom. The molecular weight excluding hydrogens is 350 g/mol.